The maximum Gasteiger partial charge on any atom is 0.269 e. The normalized spacial score (nSPS) is 9.12. The van der Waals surface area contributed by atoms with Crippen molar-refractivity contribution in [2.45, 2.75) is 19.8 Å². The predicted molar refractivity (Wildman–Crippen MR) is 84.1 cm³/mol. The van der Waals surface area contributed by atoms with Crippen LogP contribution >= 0.6 is 0 Å². The van der Waals surface area contributed by atoms with Gasteiger partial charge in [-0.1, -0.05) is 17.7 Å². The summed E-state index contributed by atoms with van der Waals surface area (Å²) in [6.07, 6.45) is -0.181. The summed E-state index contributed by atoms with van der Waals surface area (Å²) in [4.78, 5) is 41.8. The Bertz CT molecular complexity index is 551. The molecule has 4 N–H and O–H groups in total. The van der Waals surface area contributed by atoms with Crippen molar-refractivity contribution in [1.82, 2.24) is 16.1 Å². The summed E-state index contributed by atoms with van der Waals surface area (Å²) in [5.74, 6) is -1.37. The van der Waals surface area contributed by atoms with Crippen molar-refractivity contribution in [1.29, 1.82) is 0 Å². The highest BCUT2D eigenvalue weighted by Gasteiger charge is 2.06. The second-order valence-corrected chi connectivity index (χ2v) is 4.58. The minimum absolute atomic E-state index is 0.0661. The summed E-state index contributed by atoms with van der Waals surface area (Å²) in [6, 6.07) is 6.43. The first-order valence-electron chi connectivity index (χ1n) is 6.91. The molecule has 24 heavy (non-hydrogen) atoms. The van der Waals surface area contributed by atoms with Crippen molar-refractivity contribution in [3.05, 3.63) is 39.9 Å². The molecule has 1 rings (SSSR count). The van der Waals surface area contributed by atoms with Crippen molar-refractivity contribution in [2.24, 2.45) is 0 Å². The van der Waals surface area contributed by atoms with Gasteiger partial charge in [0.15, 0.2) is 0 Å². The number of benzene rings is 1. The van der Waals surface area contributed by atoms with E-state index in [1.807, 2.05) is 6.92 Å². The number of hydroxylamine groups is 1. The van der Waals surface area contributed by atoms with E-state index in [4.69, 9.17) is 5.21 Å². The Balaban J connectivity index is 0.000000463. The van der Waals surface area contributed by atoms with E-state index in [1.54, 1.807) is 12.1 Å². The first-order chi connectivity index (χ1) is 11.3. The fourth-order valence-electron chi connectivity index (χ4n) is 1.31. The molecule has 3 amide bonds. The molecule has 0 saturated carbocycles. The Morgan fingerprint density at radius 3 is 2.08 bits per heavy atom. The van der Waals surface area contributed by atoms with Gasteiger partial charge in [0, 0.05) is 32.0 Å². The molecular formula is C14H20N4O6. The Labute approximate surface area is 138 Å². The number of amides is 3. The lowest BCUT2D eigenvalue weighted by atomic mass is 10.2. The van der Waals surface area contributed by atoms with Crippen LogP contribution in [0.3, 0.4) is 0 Å². The van der Waals surface area contributed by atoms with Crippen LogP contribution in [-0.4, -0.2) is 41.4 Å². The summed E-state index contributed by atoms with van der Waals surface area (Å²) < 4.78 is 0. The van der Waals surface area contributed by atoms with Gasteiger partial charge in [-0.25, -0.2) is 5.48 Å². The summed E-state index contributed by atoms with van der Waals surface area (Å²) in [7, 11) is 1.45. The van der Waals surface area contributed by atoms with Crippen LogP contribution < -0.4 is 16.1 Å². The van der Waals surface area contributed by atoms with E-state index in [0.29, 0.717) is 0 Å². The fourth-order valence-corrected chi connectivity index (χ4v) is 1.31. The highest BCUT2D eigenvalue weighted by molar-refractivity contribution is 5.86. The molecule has 0 saturated heterocycles. The van der Waals surface area contributed by atoms with Gasteiger partial charge in [0.05, 0.1) is 11.5 Å². The van der Waals surface area contributed by atoms with Gasteiger partial charge in [-0.05, 0) is 6.92 Å². The van der Waals surface area contributed by atoms with Gasteiger partial charge >= 0.3 is 0 Å². The Morgan fingerprint density at radius 1 is 1.08 bits per heavy atom. The summed E-state index contributed by atoms with van der Waals surface area (Å²) in [5.41, 5.74) is 2.58. The van der Waals surface area contributed by atoms with E-state index in [2.05, 4.69) is 10.6 Å². The Morgan fingerprint density at radius 2 is 1.62 bits per heavy atom. The zero-order valence-corrected chi connectivity index (χ0v) is 13.4. The lowest BCUT2D eigenvalue weighted by molar-refractivity contribution is -0.384. The number of carbonyl (C=O) groups is 3. The van der Waals surface area contributed by atoms with Gasteiger partial charge in [-0.2, -0.15) is 0 Å². The molecule has 0 aliphatic heterocycles. The minimum Gasteiger partial charge on any atom is -0.358 e. The van der Waals surface area contributed by atoms with Gasteiger partial charge in [0.2, 0.25) is 17.7 Å². The molecular weight excluding hydrogens is 320 g/mol. The lowest BCUT2D eigenvalue weighted by Crippen LogP contribution is -2.35. The SMILES string of the molecule is CNC(=O)CNC(=O)CCC(=O)NO.Cc1ccc([N+](=O)[O-])cc1. The van der Waals surface area contributed by atoms with E-state index < -0.39 is 16.7 Å². The summed E-state index contributed by atoms with van der Waals surface area (Å²) in [6.45, 7) is 1.78. The molecule has 1 aromatic carbocycles. The number of nitrogens with zero attached hydrogens (tertiary/aromatic N) is 1. The van der Waals surface area contributed by atoms with Crippen LogP contribution in [0.1, 0.15) is 18.4 Å². The molecule has 132 valence electrons. The number of rotatable bonds is 6. The van der Waals surface area contributed by atoms with Crippen LogP contribution in [0.4, 0.5) is 5.69 Å². The molecule has 10 nitrogen and oxygen atoms in total. The third-order valence-corrected chi connectivity index (χ3v) is 2.67. The monoisotopic (exact) mass is 340 g/mol. The van der Waals surface area contributed by atoms with Crippen molar-refractivity contribution >= 4 is 23.4 Å². The summed E-state index contributed by atoms with van der Waals surface area (Å²) >= 11 is 0. The molecule has 10 heteroatoms. The maximum atomic E-state index is 10.9. The highest BCUT2D eigenvalue weighted by Crippen LogP contribution is 2.10. The number of nitro benzene ring substituents is 1. The zero-order valence-electron chi connectivity index (χ0n) is 13.4. The average molecular weight is 340 g/mol. The summed E-state index contributed by atoms with van der Waals surface area (Å²) in [5, 5.41) is 22.8. The van der Waals surface area contributed by atoms with Crippen LogP contribution in [0.5, 0.6) is 0 Å². The number of nitrogens with one attached hydrogen (secondary N) is 3. The first-order valence-corrected chi connectivity index (χ1v) is 6.91. The molecule has 0 fully saturated rings. The molecule has 0 unspecified atom stereocenters. The molecule has 0 aliphatic carbocycles. The van der Waals surface area contributed by atoms with Gasteiger partial charge in [-0.15, -0.1) is 0 Å². The van der Waals surface area contributed by atoms with E-state index in [9.17, 15) is 24.5 Å². The molecule has 0 spiro atoms. The average Bonchev–Trinajstić information content (AvgIpc) is 2.58. The number of aryl methyl sites for hydroxylation is 1. The van der Waals surface area contributed by atoms with Crippen LogP contribution in [0, 0.1) is 17.0 Å². The third kappa shape index (κ3) is 9.84. The number of likely N-dealkylation sites (N-methyl/N-ethyl adjacent to an activating group) is 1. The number of nitro groups is 1. The van der Waals surface area contributed by atoms with Crippen LogP contribution in [0.25, 0.3) is 0 Å². The molecule has 0 bridgehead atoms. The van der Waals surface area contributed by atoms with Crippen molar-refractivity contribution in [2.75, 3.05) is 13.6 Å². The second kappa shape index (κ2) is 11.5. The number of carbonyl (C=O) groups excluding carboxylic acids is 3. The molecule has 0 aliphatic rings. The third-order valence-electron chi connectivity index (χ3n) is 2.67. The van der Waals surface area contributed by atoms with Crippen molar-refractivity contribution < 1.29 is 24.5 Å². The van der Waals surface area contributed by atoms with Crippen LogP contribution in [0.15, 0.2) is 24.3 Å². The minimum atomic E-state index is -0.639. The molecule has 0 aromatic heterocycles. The van der Waals surface area contributed by atoms with Crippen molar-refractivity contribution in [3.8, 4) is 0 Å². The molecule has 0 atom stereocenters. The standard InChI is InChI=1S/C7H13N3O4.C7H7NO2/c1-8-7(13)4-9-5(11)2-3-6(12)10-14;1-6-2-4-7(5-3-6)8(9)10/h14H,2-4H2,1H3,(H,8,13)(H,9,11)(H,10,12);2-5H,1H3. The predicted octanol–water partition coefficient (Wildman–Crippen LogP) is 0.0374. The smallest absolute Gasteiger partial charge is 0.269 e. The Hall–Kier alpha value is -3.01. The zero-order chi connectivity index (χ0) is 18.5. The second-order valence-electron chi connectivity index (χ2n) is 4.58. The van der Waals surface area contributed by atoms with Crippen molar-refractivity contribution in [3.63, 3.8) is 0 Å². The van der Waals surface area contributed by atoms with E-state index in [1.165, 1.54) is 24.7 Å². The highest BCUT2D eigenvalue weighted by atomic mass is 16.6. The number of non-ortho nitro benzene ring substituents is 1. The first kappa shape index (κ1) is 21.0. The van der Waals surface area contributed by atoms with E-state index >= 15 is 0 Å². The fraction of sp³-hybridized carbons (Fsp3) is 0.357. The lowest BCUT2D eigenvalue weighted by Gasteiger charge is -2.03. The van der Waals surface area contributed by atoms with Crippen LogP contribution in [0.2, 0.25) is 0 Å². The van der Waals surface area contributed by atoms with Crippen LogP contribution in [-0.2, 0) is 14.4 Å². The topological polar surface area (TPSA) is 151 Å². The van der Waals surface area contributed by atoms with Gasteiger partial charge in [0.25, 0.3) is 5.69 Å². The number of hydrogen-bond acceptors (Lipinski definition) is 6. The Kier molecular flexibility index (Phi) is 10.1. The van der Waals surface area contributed by atoms with Gasteiger partial charge in [-0.3, -0.25) is 29.7 Å². The largest absolute Gasteiger partial charge is 0.358 e. The van der Waals surface area contributed by atoms with Gasteiger partial charge < -0.3 is 10.6 Å². The molecule has 0 radical (unpaired) electrons. The van der Waals surface area contributed by atoms with E-state index in [0.717, 1.165) is 5.56 Å². The maximum absolute atomic E-state index is 10.9. The quantitative estimate of drug-likeness (QED) is 0.326. The molecule has 1 aromatic rings. The van der Waals surface area contributed by atoms with Gasteiger partial charge in [0.1, 0.15) is 0 Å². The molecule has 0 heterocycles. The van der Waals surface area contributed by atoms with E-state index in [-0.39, 0.29) is 31.0 Å². The number of hydrogen-bond donors (Lipinski definition) is 4.